The van der Waals surface area contributed by atoms with Crippen LogP contribution in [0.4, 0.5) is 0 Å². The lowest BCUT2D eigenvalue weighted by Gasteiger charge is -2.25. The van der Waals surface area contributed by atoms with Crippen molar-refractivity contribution >= 4 is 0 Å². The van der Waals surface area contributed by atoms with Crippen LogP contribution in [-0.2, 0) is 22.3 Å². The van der Waals surface area contributed by atoms with Crippen LogP contribution in [0, 0.1) is 5.92 Å². The Hall–Kier alpha value is -1.84. The molecule has 0 N–H and O–H groups in total. The van der Waals surface area contributed by atoms with E-state index in [9.17, 15) is 0 Å². The maximum Gasteiger partial charge on any atom is 0.157 e. The van der Waals surface area contributed by atoms with Crippen molar-refractivity contribution in [1.82, 2.24) is 0 Å². The molecule has 3 nitrogen and oxygen atoms in total. The lowest BCUT2D eigenvalue weighted by Crippen LogP contribution is -2.25. The van der Waals surface area contributed by atoms with Crippen molar-refractivity contribution in [3.05, 3.63) is 65.7 Å². The number of methoxy groups -OCH3 is 1. The molecule has 3 heteroatoms. The van der Waals surface area contributed by atoms with Gasteiger partial charge < -0.3 is 14.2 Å². The van der Waals surface area contributed by atoms with E-state index in [1.54, 1.807) is 7.11 Å². The highest BCUT2D eigenvalue weighted by atomic mass is 16.7. The lowest BCUT2D eigenvalue weighted by molar-refractivity contribution is -0.182. The minimum atomic E-state index is 0.00886. The van der Waals surface area contributed by atoms with Crippen LogP contribution in [0.5, 0.6) is 5.75 Å². The predicted octanol–water partition coefficient (Wildman–Crippen LogP) is 5.81. The molecule has 1 fully saturated rings. The van der Waals surface area contributed by atoms with E-state index in [1.165, 1.54) is 36.8 Å². The van der Waals surface area contributed by atoms with Gasteiger partial charge in [-0.2, -0.15) is 0 Å². The second kappa shape index (κ2) is 11.9. The number of benzene rings is 2. The smallest absolute Gasteiger partial charge is 0.157 e. The van der Waals surface area contributed by atoms with Gasteiger partial charge in [0.25, 0.3) is 0 Å². The minimum absolute atomic E-state index is 0.00886. The number of aryl methyl sites for hydroxylation is 2. The van der Waals surface area contributed by atoms with Gasteiger partial charge in [-0.3, -0.25) is 0 Å². The average Bonchev–Trinajstić information content (AvgIpc) is 2.77. The summed E-state index contributed by atoms with van der Waals surface area (Å²) in [7, 11) is 1.71. The van der Waals surface area contributed by atoms with Crippen molar-refractivity contribution in [2.45, 2.75) is 57.7 Å². The van der Waals surface area contributed by atoms with Gasteiger partial charge in [0.2, 0.25) is 0 Å². The van der Waals surface area contributed by atoms with Crippen LogP contribution in [0.1, 0.15) is 49.7 Å². The first kappa shape index (κ1) is 20.9. The zero-order chi connectivity index (χ0) is 19.4. The Labute approximate surface area is 170 Å². The van der Waals surface area contributed by atoms with Crippen molar-refractivity contribution in [2.24, 2.45) is 5.92 Å². The molecule has 0 spiro atoms. The zero-order valence-electron chi connectivity index (χ0n) is 17.1. The lowest BCUT2D eigenvalue weighted by atomic mass is 9.89. The first-order valence-corrected chi connectivity index (χ1v) is 10.7. The van der Waals surface area contributed by atoms with Crippen molar-refractivity contribution in [3.8, 4) is 5.75 Å². The third-order valence-corrected chi connectivity index (χ3v) is 5.63. The average molecular weight is 383 g/mol. The molecular weight excluding hydrogens is 348 g/mol. The molecule has 1 atom stereocenters. The van der Waals surface area contributed by atoms with Crippen LogP contribution >= 0.6 is 0 Å². The molecule has 1 saturated heterocycles. The van der Waals surface area contributed by atoms with Gasteiger partial charge in [-0.1, -0.05) is 48.9 Å². The Morgan fingerprint density at radius 1 is 0.857 bits per heavy atom. The highest BCUT2D eigenvalue weighted by Crippen LogP contribution is 2.24. The van der Waals surface area contributed by atoms with E-state index in [2.05, 4.69) is 54.6 Å². The first-order chi connectivity index (χ1) is 13.8. The third-order valence-electron chi connectivity index (χ3n) is 5.63. The van der Waals surface area contributed by atoms with Gasteiger partial charge in [-0.05, 0) is 74.1 Å². The first-order valence-electron chi connectivity index (χ1n) is 10.7. The van der Waals surface area contributed by atoms with Gasteiger partial charge in [0.15, 0.2) is 6.29 Å². The molecule has 0 bridgehead atoms. The number of hydrogen-bond acceptors (Lipinski definition) is 3. The molecule has 0 amide bonds. The zero-order valence-corrected chi connectivity index (χ0v) is 17.1. The molecule has 0 saturated carbocycles. The van der Waals surface area contributed by atoms with Crippen LogP contribution in [0.3, 0.4) is 0 Å². The Balaban J connectivity index is 1.47. The maximum absolute atomic E-state index is 5.75. The molecule has 2 aromatic carbocycles. The fraction of sp³-hybridized carbons (Fsp3) is 0.520. The molecule has 3 rings (SSSR count). The molecule has 1 aliphatic rings. The standard InChI is InChI=1S/C25H34O3/c1-26-24-16-13-23(14-17-24)10-5-9-22(12-11-21-7-3-2-4-8-21)15-18-25-27-19-6-20-28-25/h2-4,7-8,13-14,16-17,22,25H,5-6,9-12,15,18-20H2,1H3. The van der Waals surface area contributed by atoms with Gasteiger partial charge in [0, 0.05) is 0 Å². The fourth-order valence-corrected chi connectivity index (χ4v) is 3.91. The molecule has 0 aliphatic carbocycles. The van der Waals surface area contributed by atoms with Gasteiger partial charge >= 0.3 is 0 Å². The number of rotatable bonds is 11. The Bertz CT molecular complexity index is 647. The molecule has 0 radical (unpaired) electrons. The van der Waals surface area contributed by atoms with E-state index in [0.717, 1.165) is 44.6 Å². The summed E-state index contributed by atoms with van der Waals surface area (Å²) in [5.41, 5.74) is 2.83. The summed E-state index contributed by atoms with van der Waals surface area (Å²) in [6.45, 7) is 1.69. The highest BCUT2D eigenvalue weighted by Gasteiger charge is 2.17. The van der Waals surface area contributed by atoms with E-state index in [-0.39, 0.29) is 6.29 Å². The van der Waals surface area contributed by atoms with Crippen molar-refractivity contribution in [2.75, 3.05) is 20.3 Å². The SMILES string of the molecule is COc1ccc(CCCC(CCc2ccccc2)CCC2OCCCO2)cc1. The molecule has 1 heterocycles. The van der Waals surface area contributed by atoms with Crippen molar-refractivity contribution in [1.29, 1.82) is 0 Å². The maximum atomic E-state index is 5.75. The highest BCUT2D eigenvalue weighted by molar-refractivity contribution is 5.27. The Morgan fingerprint density at radius 3 is 2.29 bits per heavy atom. The van der Waals surface area contributed by atoms with Crippen LogP contribution in [0.2, 0.25) is 0 Å². The van der Waals surface area contributed by atoms with E-state index < -0.39 is 0 Å². The summed E-state index contributed by atoms with van der Waals surface area (Å²) < 4.78 is 16.8. The molecule has 152 valence electrons. The molecule has 1 unspecified atom stereocenters. The van der Waals surface area contributed by atoms with Crippen LogP contribution < -0.4 is 4.74 Å². The van der Waals surface area contributed by atoms with Crippen LogP contribution in [0.25, 0.3) is 0 Å². The van der Waals surface area contributed by atoms with Crippen LogP contribution in [-0.4, -0.2) is 26.6 Å². The summed E-state index contributed by atoms with van der Waals surface area (Å²) in [5.74, 6) is 1.64. The van der Waals surface area contributed by atoms with Gasteiger partial charge in [0.1, 0.15) is 5.75 Å². The van der Waals surface area contributed by atoms with E-state index in [0.29, 0.717) is 5.92 Å². The minimum Gasteiger partial charge on any atom is -0.497 e. The normalized spacial score (nSPS) is 16.0. The van der Waals surface area contributed by atoms with Crippen molar-refractivity contribution in [3.63, 3.8) is 0 Å². The Kier molecular flexibility index (Phi) is 8.86. The summed E-state index contributed by atoms with van der Waals surface area (Å²) in [4.78, 5) is 0. The van der Waals surface area contributed by atoms with Gasteiger partial charge in [-0.25, -0.2) is 0 Å². The largest absolute Gasteiger partial charge is 0.497 e. The van der Waals surface area contributed by atoms with Gasteiger partial charge in [-0.15, -0.1) is 0 Å². The van der Waals surface area contributed by atoms with E-state index >= 15 is 0 Å². The topological polar surface area (TPSA) is 27.7 Å². The second-order valence-corrected chi connectivity index (χ2v) is 7.73. The quantitative estimate of drug-likeness (QED) is 0.491. The van der Waals surface area contributed by atoms with Gasteiger partial charge in [0.05, 0.1) is 20.3 Å². The summed E-state index contributed by atoms with van der Waals surface area (Å²) in [6, 6.07) is 19.3. The van der Waals surface area contributed by atoms with Crippen LogP contribution in [0.15, 0.2) is 54.6 Å². The molecule has 28 heavy (non-hydrogen) atoms. The summed E-state index contributed by atoms with van der Waals surface area (Å²) in [6.07, 6.45) is 9.22. The summed E-state index contributed by atoms with van der Waals surface area (Å²) in [5, 5.41) is 0. The number of hydrogen-bond donors (Lipinski definition) is 0. The monoisotopic (exact) mass is 382 g/mol. The molecule has 1 aliphatic heterocycles. The van der Waals surface area contributed by atoms with E-state index in [4.69, 9.17) is 14.2 Å². The predicted molar refractivity (Wildman–Crippen MR) is 114 cm³/mol. The van der Waals surface area contributed by atoms with Crippen molar-refractivity contribution < 1.29 is 14.2 Å². The molecule has 2 aromatic rings. The molecule has 0 aromatic heterocycles. The molecular formula is C25H34O3. The summed E-state index contributed by atoms with van der Waals surface area (Å²) >= 11 is 0. The Morgan fingerprint density at radius 2 is 1.57 bits per heavy atom. The third kappa shape index (κ3) is 7.29. The fourth-order valence-electron chi connectivity index (χ4n) is 3.91. The van der Waals surface area contributed by atoms with E-state index in [1.807, 2.05) is 0 Å². The second-order valence-electron chi connectivity index (χ2n) is 7.73. The number of ether oxygens (including phenoxy) is 3.